The van der Waals surface area contributed by atoms with Gasteiger partial charge in [-0.15, -0.1) is 11.8 Å². The summed E-state index contributed by atoms with van der Waals surface area (Å²) in [7, 11) is 0. The number of aliphatic hydroxyl groups is 3. The molecule has 0 radical (unpaired) electrons. The number of fused-ring (bicyclic) bond motifs is 2. The minimum atomic E-state index is -1.81. The van der Waals surface area contributed by atoms with Gasteiger partial charge in [-0.2, -0.15) is 0 Å². The maximum absolute atomic E-state index is 11.9. The second kappa shape index (κ2) is 12.1. The smallest absolute Gasteiger partial charge is 0.200 e. The van der Waals surface area contributed by atoms with Crippen LogP contribution in [-0.4, -0.2) is 91.0 Å². The highest BCUT2D eigenvalue weighted by molar-refractivity contribution is 7.99. The molecule has 48 heavy (non-hydrogen) atoms. The third-order valence-corrected chi connectivity index (χ3v) is 9.62. The second-order valence-corrected chi connectivity index (χ2v) is 12.6. The van der Waals surface area contributed by atoms with Crippen LogP contribution in [0.5, 0.6) is 69.0 Å². The van der Waals surface area contributed by atoms with Gasteiger partial charge in [-0.3, -0.25) is 0 Å². The molecule has 0 amide bonds. The molecule has 0 saturated heterocycles. The average Bonchev–Trinajstić information content (AvgIpc) is 3.02. The third kappa shape index (κ3) is 5.24. The van der Waals surface area contributed by atoms with Gasteiger partial charge in [-0.05, 0) is 24.3 Å². The van der Waals surface area contributed by atoms with Crippen molar-refractivity contribution in [2.45, 2.75) is 35.6 Å². The minimum Gasteiger partial charge on any atom is -0.508 e. The zero-order valence-corrected chi connectivity index (χ0v) is 25.3. The lowest BCUT2D eigenvalue weighted by Gasteiger charge is -2.42. The zero-order valence-electron chi connectivity index (χ0n) is 24.5. The van der Waals surface area contributed by atoms with E-state index >= 15 is 0 Å². The van der Waals surface area contributed by atoms with E-state index in [1.165, 1.54) is 0 Å². The van der Waals surface area contributed by atoms with E-state index in [1.807, 2.05) is 0 Å². The highest BCUT2D eigenvalue weighted by Gasteiger charge is 2.48. The lowest BCUT2D eigenvalue weighted by atomic mass is 9.77. The number of aliphatic hydroxyl groups excluding tert-OH is 3. The summed E-state index contributed by atoms with van der Waals surface area (Å²) in [6, 6.07) is 6.97. The summed E-state index contributed by atoms with van der Waals surface area (Å²) < 4.78 is 12.1. The minimum absolute atomic E-state index is 0.0360. The fourth-order valence-electron chi connectivity index (χ4n) is 6.24. The monoisotopic (exact) mass is 686 g/mol. The number of phenolic OH excluding ortho intramolecular Hbond substituents is 10. The Labute approximate surface area is 274 Å². The Hall–Kier alpha value is -5.29. The van der Waals surface area contributed by atoms with E-state index in [-0.39, 0.29) is 51.7 Å². The lowest BCUT2D eigenvalue weighted by molar-refractivity contribution is 0.000494. The normalized spacial score (nSPS) is 23.1. The Morgan fingerprint density at radius 2 is 1.04 bits per heavy atom. The molecule has 2 aliphatic heterocycles. The molecule has 6 atom stereocenters. The first-order valence-corrected chi connectivity index (χ1v) is 15.3. The summed E-state index contributed by atoms with van der Waals surface area (Å²) in [5, 5.41) is 137. The zero-order chi connectivity index (χ0) is 34.8. The van der Waals surface area contributed by atoms with Gasteiger partial charge >= 0.3 is 0 Å². The summed E-state index contributed by atoms with van der Waals surface area (Å²) in [4.78, 5) is 0. The van der Waals surface area contributed by atoms with Crippen molar-refractivity contribution >= 4 is 11.8 Å². The van der Waals surface area contributed by atoms with Gasteiger partial charge in [0, 0.05) is 46.2 Å². The molecule has 254 valence electrons. The topological polar surface area (TPSA) is 281 Å². The van der Waals surface area contributed by atoms with Crippen LogP contribution in [0.1, 0.15) is 51.2 Å². The maximum atomic E-state index is 11.9. The van der Waals surface area contributed by atoms with Gasteiger partial charge < -0.3 is 75.9 Å². The van der Waals surface area contributed by atoms with Crippen molar-refractivity contribution in [3.05, 3.63) is 70.3 Å². The number of thioether (sulfide) groups is 1. The van der Waals surface area contributed by atoms with E-state index in [0.717, 1.165) is 54.2 Å². The molecule has 2 aliphatic rings. The number of ether oxygens (including phenoxy) is 2. The van der Waals surface area contributed by atoms with Crippen LogP contribution in [-0.2, 0) is 0 Å². The van der Waals surface area contributed by atoms with Gasteiger partial charge in [0.2, 0.25) is 0 Å². The first-order chi connectivity index (χ1) is 22.7. The number of benzene rings is 4. The molecule has 0 saturated carbocycles. The van der Waals surface area contributed by atoms with Gasteiger partial charge in [0.25, 0.3) is 0 Å². The van der Waals surface area contributed by atoms with Crippen molar-refractivity contribution in [3.8, 4) is 69.0 Å². The first-order valence-electron chi connectivity index (χ1n) is 14.3. The van der Waals surface area contributed by atoms with E-state index in [2.05, 4.69) is 0 Å². The predicted octanol–water partition coefficient (Wildman–Crippen LogP) is 2.63. The van der Waals surface area contributed by atoms with Gasteiger partial charge in [0.15, 0.2) is 46.7 Å². The molecule has 0 aromatic heterocycles. The fraction of sp³-hybridized carbons (Fsp3) is 0.250. The number of rotatable bonds is 6. The van der Waals surface area contributed by atoms with E-state index in [0.29, 0.717) is 0 Å². The molecule has 13 N–H and O–H groups in total. The van der Waals surface area contributed by atoms with Crippen molar-refractivity contribution in [3.63, 3.8) is 0 Å². The molecule has 4 aromatic carbocycles. The lowest BCUT2D eigenvalue weighted by Crippen LogP contribution is -2.37. The van der Waals surface area contributed by atoms with Crippen LogP contribution in [0.2, 0.25) is 0 Å². The molecule has 15 nitrogen and oxygen atoms in total. The molecule has 16 heteroatoms. The van der Waals surface area contributed by atoms with Crippen LogP contribution >= 0.6 is 11.8 Å². The predicted molar refractivity (Wildman–Crippen MR) is 165 cm³/mol. The maximum Gasteiger partial charge on any atom is 0.200 e. The van der Waals surface area contributed by atoms with Crippen molar-refractivity contribution in [1.82, 2.24) is 0 Å². The molecule has 6 unspecified atom stereocenters. The molecule has 4 aromatic rings. The van der Waals surface area contributed by atoms with Gasteiger partial charge in [-0.25, -0.2) is 0 Å². The summed E-state index contributed by atoms with van der Waals surface area (Å²) in [5.41, 5.74) is -0.666. The quantitative estimate of drug-likeness (QED) is 0.130. The summed E-state index contributed by atoms with van der Waals surface area (Å²) in [6.07, 6.45) is -6.35. The van der Waals surface area contributed by atoms with Crippen molar-refractivity contribution in [1.29, 1.82) is 0 Å². The van der Waals surface area contributed by atoms with Crippen LogP contribution < -0.4 is 9.47 Å². The molecule has 0 aliphatic carbocycles. The van der Waals surface area contributed by atoms with Crippen LogP contribution in [0.4, 0.5) is 0 Å². The van der Waals surface area contributed by atoms with Gasteiger partial charge in [0.05, 0.1) is 23.3 Å². The number of aromatic hydroxyl groups is 10. The molecule has 0 spiro atoms. The Kier molecular flexibility index (Phi) is 8.20. The van der Waals surface area contributed by atoms with Crippen LogP contribution in [0.3, 0.4) is 0 Å². The average molecular weight is 687 g/mol. The van der Waals surface area contributed by atoms with Crippen molar-refractivity contribution in [2.24, 2.45) is 0 Å². The summed E-state index contributed by atoms with van der Waals surface area (Å²) >= 11 is 0.982. The summed E-state index contributed by atoms with van der Waals surface area (Å²) in [5.74, 6) is -9.06. The van der Waals surface area contributed by atoms with E-state index in [4.69, 9.17) is 9.47 Å². The van der Waals surface area contributed by atoms with Crippen LogP contribution in [0, 0.1) is 0 Å². The molecular formula is C32H30O15S. The highest BCUT2D eigenvalue weighted by atomic mass is 32.2. The van der Waals surface area contributed by atoms with Crippen LogP contribution in [0.25, 0.3) is 0 Å². The second-order valence-electron chi connectivity index (χ2n) is 11.3. The standard InChI is InChI=1S/C32H30O15S/c33-1-2-48-32-23-15(37)9-14(36)22(31(23)47-30(28(32)45)11-5-18(40)26(43)19(41)6-11)24-21-13(35)7-12(34)8-20(21)46-29(27(24)44)10-3-16(38)25(42)17(39)4-10/h3-9,24,27-30,32-45H,1-2H2. The largest absolute Gasteiger partial charge is 0.508 e. The van der Waals surface area contributed by atoms with E-state index in [1.54, 1.807) is 0 Å². The molecule has 6 rings (SSSR count). The van der Waals surface area contributed by atoms with E-state index < -0.39 is 93.1 Å². The number of hydrogen-bond acceptors (Lipinski definition) is 16. The fourth-order valence-corrected chi connectivity index (χ4v) is 7.33. The Balaban J connectivity index is 1.61. The third-order valence-electron chi connectivity index (χ3n) is 8.33. The van der Waals surface area contributed by atoms with Gasteiger partial charge in [-0.1, -0.05) is 0 Å². The molecule has 0 fully saturated rings. The van der Waals surface area contributed by atoms with Crippen molar-refractivity contribution < 1.29 is 75.9 Å². The molecular weight excluding hydrogens is 656 g/mol. The number of hydrogen-bond donors (Lipinski definition) is 13. The molecule has 0 bridgehead atoms. The van der Waals surface area contributed by atoms with Gasteiger partial charge in [0.1, 0.15) is 46.7 Å². The first kappa shape index (κ1) is 32.6. The Morgan fingerprint density at radius 1 is 0.542 bits per heavy atom. The van der Waals surface area contributed by atoms with Crippen molar-refractivity contribution in [2.75, 3.05) is 12.4 Å². The highest BCUT2D eigenvalue weighted by Crippen LogP contribution is 2.60. The molecule has 2 heterocycles. The Morgan fingerprint density at radius 3 is 1.58 bits per heavy atom. The number of phenols is 10. The van der Waals surface area contributed by atoms with Crippen LogP contribution in [0.15, 0.2) is 42.5 Å². The SMILES string of the molecule is OCCSC1c2c(O)cc(O)c(C3c4c(O)cc(O)cc4OC(c4cc(O)c(O)c(O)c4)C3O)c2OC(c2cc(O)c(O)c(O)c2)C1O. The Bertz CT molecular complexity index is 1870. The van der Waals surface area contributed by atoms with E-state index in [9.17, 15) is 66.4 Å². The summed E-state index contributed by atoms with van der Waals surface area (Å²) in [6.45, 7) is -0.349.